The largest absolute Gasteiger partial charge is 0.418 e. The normalized spacial score (nSPS) is 13.1. The Morgan fingerprint density at radius 3 is 2.55 bits per heavy atom. The zero-order chi connectivity index (χ0) is 15.5. The average Bonchev–Trinajstić information content (AvgIpc) is 2.34. The lowest BCUT2D eigenvalue weighted by atomic mass is 10.1. The second-order valence-corrected chi connectivity index (χ2v) is 4.66. The standard InChI is InChI=1S/C13H17F3N2O2/c1-8(19)5-6-18(2)12(20)9-3-4-11(17)10(7-9)13(14,15)16/h3-4,7-8,19H,5-6,17H2,1-2H3. The number of nitrogens with zero attached hydrogens (tertiary/aromatic N) is 1. The predicted molar refractivity (Wildman–Crippen MR) is 69.1 cm³/mol. The van der Waals surface area contributed by atoms with E-state index in [2.05, 4.69) is 0 Å². The number of benzene rings is 1. The molecule has 0 saturated heterocycles. The third kappa shape index (κ3) is 4.12. The highest BCUT2D eigenvalue weighted by molar-refractivity contribution is 5.94. The van der Waals surface area contributed by atoms with Crippen LogP contribution < -0.4 is 5.73 Å². The van der Waals surface area contributed by atoms with Gasteiger partial charge in [-0.2, -0.15) is 13.2 Å². The number of rotatable bonds is 4. The average molecular weight is 290 g/mol. The minimum atomic E-state index is -4.60. The van der Waals surface area contributed by atoms with Crippen molar-refractivity contribution < 1.29 is 23.1 Å². The smallest absolute Gasteiger partial charge is 0.398 e. The van der Waals surface area contributed by atoms with Crippen LogP contribution in [0.5, 0.6) is 0 Å². The number of carbonyl (C=O) groups excluding carboxylic acids is 1. The van der Waals surface area contributed by atoms with Gasteiger partial charge in [0, 0.05) is 24.8 Å². The first-order valence-corrected chi connectivity index (χ1v) is 6.03. The summed E-state index contributed by atoms with van der Waals surface area (Å²) in [4.78, 5) is 13.2. The van der Waals surface area contributed by atoms with Crippen molar-refractivity contribution in [3.05, 3.63) is 29.3 Å². The van der Waals surface area contributed by atoms with E-state index in [0.717, 1.165) is 12.1 Å². The second kappa shape index (κ2) is 6.13. The highest BCUT2D eigenvalue weighted by atomic mass is 19.4. The van der Waals surface area contributed by atoms with Crippen LogP contribution in [0.15, 0.2) is 18.2 Å². The van der Waals surface area contributed by atoms with Gasteiger partial charge in [-0.05, 0) is 31.5 Å². The summed E-state index contributed by atoms with van der Waals surface area (Å²) in [6.07, 6.45) is -4.83. The van der Waals surface area contributed by atoms with Crippen molar-refractivity contribution in [3.8, 4) is 0 Å². The number of anilines is 1. The van der Waals surface area contributed by atoms with Crippen LogP contribution in [0.25, 0.3) is 0 Å². The molecule has 0 spiro atoms. The van der Waals surface area contributed by atoms with Crippen LogP contribution >= 0.6 is 0 Å². The number of hydrogen-bond acceptors (Lipinski definition) is 3. The summed E-state index contributed by atoms with van der Waals surface area (Å²) in [5.41, 5.74) is 3.75. The van der Waals surface area contributed by atoms with E-state index in [0.29, 0.717) is 6.42 Å². The summed E-state index contributed by atoms with van der Waals surface area (Å²) in [6.45, 7) is 1.82. The van der Waals surface area contributed by atoms with Crippen molar-refractivity contribution in [2.45, 2.75) is 25.6 Å². The van der Waals surface area contributed by atoms with Gasteiger partial charge in [0.15, 0.2) is 0 Å². The monoisotopic (exact) mass is 290 g/mol. The minimum absolute atomic E-state index is 0.0837. The predicted octanol–water partition coefficient (Wildman–Crippen LogP) is 2.13. The van der Waals surface area contributed by atoms with Gasteiger partial charge in [-0.25, -0.2) is 0 Å². The molecule has 0 saturated carbocycles. The second-order valence-electron chi connectivity index (χ2n) is 4.66. The molecule has 0 aliphatic heterocycles. The van der Waals surface area contributed by atoms with E-state index in [9.17, 15) is 18.0 Å². The number of aliphatic hydroxyl groups is 1. The van der Waals surface area contributed by atoms with Crippen LogP contribution in [-0.2, 0) is 6.18 Å². The summed E-state index contributed by atoms with van der Waals surface area (Å²) < 4.78 is 38.1. The van der Waals surface area contributed by atoms with E-state index < -0.39 is 29.4 Å². The first-order chi connectivity index (χ1) is 9.12. The van der Waals surface area contributed by atoms with Gasteiger partial charge in [0.25, 0.3) is 5.91 Å². The van der Waals surface area contributed by atoms with E-state index in [1.54, 1.807) is 6.92 Å². The Bertz CT molecular complexity index is 487. The molecule has 1 amide bonds. The molecule has 0 bridgehead atoms. The number of nitrogens with two attached hydrogens (primary N) is 1. The van der Waals surface area contributed by atoms with E-state index in [-0.39, 0.29) is 12.1 Å². The summed E-state index contributed by atoms with van der Waals surface area (Å²) >= 11 is 0. The fourth-order valence-corrected chi connectivity index (χ4v) is 1.64. The molecule has 0 fully saturated rings. The lowest BCUT2D eigenvalue weighted by Gasteiger charge is -2.19. The Balaban J connectivity index is 2.94. The number of hydrogen-bond donors (Lipinski definition) is 2. The molecule has 1 unspecified atom stereocenters. The number of carbonyl (C=O) groups is 1. The molecular weight excluding hydrogens is 273 g/mol. The summed E-state index contributed by atoms with van der Waals surface area (Å²) in [6, 6.07) is 3.07. The lowest BCUT2D eigenvalue weighted by Crippen LogP contribution is -2.29. The Hall–Kier alpha value is -1.76. The maximum atomic E-state index is 12.7. The van der Waals surface area contributed by atoms with Gasteiger partial charge in [0.05, 0.1) is 11.7 Å². The molecule has 0 aliphatic carbocycles. The van der Waals surface area contributed by atoms with E-state index in [1.807, 2.05) is 0 Å². The van der Waals surface area contributed by atoms with Gasteiger partial charge in [0.2, 0.25) is 0 Å². The Labute approximate surface area is 115 Å². The minimum Gasteiger partial charge on any atom is -0.398 e. The first-order valence-electron chi connectivity index (χ1n) is 6.03. The fraction of sp³-hybridized carbons (Fsp3) is 0.462. The molecule has 0 aromatic heterocycles. The van der Waals surface area contributed by atoms with Crippen LogP contribution in [-0.4, -0.2) is 35.6 Å². The molecular formula is C13H17F3N2O2. The molecule has 0 aliphatic rings. The third-order valence-corrected chi connectivity index (χ3v) is 2.83. The van der Waals surface area contributed by atoms with Gasteiger partial charge in [-0.1, -0.05) is 0 Å². The van der Waals surface area contributed by atoms with Crippen LogP contribution in [0.3, 0.4) is 0 Å². The summed E-state index contributed by atoms with van der Waals surface area (Å²) in [7, 11) is 1.47. The number of aliphatic hydroxyl groups excluding tert-OH is 1. The number of halogens is 3. The highest BCUT2D eigenvalue weighted by Gasteiger charge is 2.33. The van der Waals surface area contributed by atoms with Crippen molar-refractivity contribution in [1.29, 1.82) is 0 Å². The quantitative estimate of drug-likeness (QED) is 0.835. The SMILES string of the molecule is CC(O)CCN(C)C(=O)c1ccc(N)c(C(F)(F)F)c1. The first kappa shape index (κ1) is 16.3. The lowest BCUT2D eigenvalue weighted by molar-refractivity contribution is -0.136. The molecule has 1 rings (SSSR count). The molecule has 20 heavy (non-hydrogen) atoms. The van der Waals surface area contributed by atoms with E-state index >= 15 is 0 Å². The molecule has 3 N–H and O–H groups in total. The van der Waals surface area contributed by atoms with Gasteiger partial charge >= 0.3 is 6.18 Å². The van der Waals surface area contributed by atoms with Crippen molar-refractivity contribution >= 4 is 11.6 Å². The molecule has 0 radical (unpaired) electrons. The molecule has 1 aromatic rings. The van der Waals surface area contributed by atoms with Crippen LogP contribution in [0, 0.1) is 0 Å². The highest BCUT2D eigenvalue weighted by Crippen LogP contribution is 2.34. The van der Waals surface area contributed by atoms with E-state index in [1.165, 1.54) is 18.0 Å². The van der Waals surface area contributed by atoms with Gasteiger partial charge < -0.3 is 15.7 Å². The molecule has 4 nitrogen and oxygen atoms in total. The van der Waals surface area contributed by atoms with Crippen molar-refractivity contribution in [3.63, 3.8) is 0 Å². The van der Waals surface area contributed by atoms with Crippen LogP contribution in [0.2, 0.25) is 0 Å². The third-order valence-electron chi connectivity index (χ3n) is 2.83. The Morgan fingerprint density at radius 1 is 1.45 bits per heavy atom. The Kier molecular flexibility index (Phi) is 4.99. The topological polar surface area (TPSA) is 66.6 Å². The van der Waals surface area contributed by atoms with E-state index in [4.69, 9.17) is 10.8 Å². The molecule has 1 atom stereocenters. The zero-order valence-corrected chi connectivity index (χ0v) is 11.2. The molecule has 0 heterocycles. The zero-order valence-electron chi connectivity index (χ0n) is 11.2. The molecule has 7 heteroatoms. The van der Waals surface area contributed by atoms with Crippen LogP contribution in [0.1, 0.15) is 29.3 Å². The molecule has 1 aromatic carbocycles. The maximum Gasteiger partial charge on any atom is 0.418 e. The number of alkyl halides is 3. The van der Waals surface area contributed by atoms with Gasteiger partial charge in [-0.3, -0.25) is 4.79 Å². The van der Waals surface area contributed by atoms with Crippen LogP contribution in [0.4, 0.5) is 18.9 Å². The maximum absolute atomic E-state index is 12.7. The Morgan fingerprint density at radius 2 is 2.05 bits per heavy atom. The van der Waals surface area contributed by atoms with Crippen molar-refractivity contribution in [1.82, 2.24) is 4.90 Å². The van der Waals surface area contributed by atoms with Gasteiger partial charge in [0.1, 0.15) is 0 Å². The van der Waals surface area contributed by atoms with Gasteiger partial charge in [-0.15, -0.1) is 0 Å². The molecule has 112 valence electrons. The number of amides is 1. The van der Waals surface area contributed by atoms with Crippen molar-refractivity contribution in [2.75, 3.05) is 19.3 Å². The summed E-state index contributed by atoms with van der Waals surface area (Å²) in [5.74, 6) is -0.545. The fourth-order valence-electron chi connectivity index (χ4n) is 1.64. The number of nitrogen functional groups attached to an aromatic ring is 1. The summed E-state index contributed by atoms with van der Waals surface area (Å²) in [5, 5.41) is 9.14. The van der Waals surface area contributed by atoms with Crippen molar-refractivity contribution in [2.24, 2.45) is 0 Å².